The zero-order valence-electron chi connectivity index (χ0n) is 10.2. The van der Waals surface area contributed by atoms with Crippen LogP contribution in [0.15, 0.2) is 0 Å². The van der Waals surface area contributed by atoms with E-state index in [-0.39, 0.29) is 23.7 Å². The second-order valence-electron chi connectivity index (χ2n) is 4.89. The van der Waals surface area contributed by atoms with Gasteiger partial charge in [0, 0.05) is 6.04 Å². The summed E-state index contributed by atoms with van der Waals surface area (Å²) >= 11 is 0. The predicted molar refractivity (Wildman–Crippen MR) is 64.2 cm³/mol. The van der Waals surface area contributed by atoms with Gasteiger partial charge in [0.1, 0.15) is 0 Å². The highest BCUT2D eigenvalue weighted by atomic mass is 16.2. The fourth-order valence-corrected chi connectivity index (χ4v) is 2.40. The van der Waals surface area contributed by atoms with Crippen molar-refractivity contribution in [1.29, 1.82) is 0 Å². The molecule has 1 aromatic rings. The van der Waals surface area contributed by atoms with Gasteiger partial charge in [-0.15, -0.1) is 5.10 Å². The molecular formula is C11H19N5O. The summed E-state index contributed by atoms with van der Waals surface area (Å²) in [7, 11) is 0. The van der Waals surface area contributed by atoms with Crippen LogP contribution in [0.1, 0.15) is 43.7 Å². The number of aromatic amines is 1. The monoisotopic (exact) mass is 237 g/mol. The maximum Gasteiger partial charge on any atom is 0.288 e. The largest absolute Gasteiger partial charge is 0.366 e. The number of hydrogen-bond donors (Lipinski definition) is 3. The third-order valence-electron chi connectivity index (χ3n) is 3.74. The van der Waals surface area contributed by atoms with Crippen molar-refractivity contribution < 1.29 is 4.79 Å². The molecule has 2 rings (SSSR count). The molecule has 6 nitrogen and oxygen atoms in total. The fraction of sp³-hybridized carbons (Fsp3) is 0.727. The van der Waals surface area contributed by atoms with Crippen molar-refractivity contribution in [2.24, 2.45) is 11.8 Å². The maximum atomic E-state index is 11.9. The van der Waals surface area contributed by atoms with Crippen LogP contribution in [0.4, 0.5) is 5.95 Å². The first-order valence-corrected chi connectivity index (χ1v) is 6.06. The molecule has 0 spiro atoms. The number of nitrogens with zero attached hydrogens (tertiary/aromatic N) is 2. The molecule has 0 bridgehead atoms. The minimum atomic E-state index is -0.222. The molecule has 94 valence electrons. The first-order chi connectivity index (χ1) is 8.08. The van der Waals surface area contributed by atoms with Crippen molar-refractivity contribution in [2.45, 2.75) is 39.2 Å². The highest BCUT2D eigenvalue weighted by Gasteiger charge is 2.28. The molecule has 1 saturated carbocycles. The number of aromatic nitrogens is 3. The second kappa shape index (κ2) is 4.73. The van der Waals surface area contributed by atoms with Gasteiger partial charge in [0.05, 0.1) is 0 Å². The summed E-state index contributed by atoms with van der Waals surface area (Å²) in [6.07, 6.45) is 3.43. The molecule has 6 heteroatoms. The summed E-state index contributed by atoms with van der Waals surface area (Å²) in [6.45, 7) is 4.42. The molecule has 0 saturated heterocycles. The molecule has 0 aromatic carbocycles. The predicted octanol–water partition coefficient (Wildman–Crippen LogP) is 0.941. The molecule has 1 aromatic heterocycles. The number of anilines is 1. The van der Waals surface area contributed by atoms with Crippen molar-refractivity contribution in [3.8, 4) is 0 Å². The van der Waals surface area contributed by atoms with E-state index < -0.39 is 0 Å². The Labute approximate surface area is 100 Å². The van der Waals surface area contributed by atoms with Gasteiger partial charge in [-0.3, -0.25) is 9.89 Å². The summed E-state index contributed by atoms with van der Waals surface area (Å²) in [4.78, 5) is 15.7. The third-order valence-corrected chi connectivity index (χ3v) is 3.74. The number of H-pyrrole nitrogens is 1. The van der Waals surface area contributed by atoms with Crippen molar-refractivity contribution in [3.63, 3.8) is 0 Å². The molecule has 3 unspecified atom stereocenters. The maximum absolute atomic E-state index is 11.9. The summed E-state index contributed by atoms with van der Waals surface area (Å²) in [6, 6.07) is 0.220. The third kappa shape index (κ3) is 2.57. The second-order valence-corrected chi connectivity index (χ2v) is 4.89. The van der Waals surface area contributed by atoms with Crippen LogP contribution in [-0.4, -0.2) is 27.1 Å². The summed E-state index contributed by atoms with van der Waals surface area (Å²) < 4.78 is 0. The van der Waals surface area contributed by atoms with Crippen LogP contribution < -0.4 is 11.1 Å². The average Bonchev–Trinajstić information content (AvgIpc) is 2.72. The van der Waals surface area contributed by atoms with Crippen molar-refractivity contribution in [1.82, 2.24) is 20.5 Å². The number of rotatable bonds is 2. The minimum Gasteiger partial charge on any atom is -0.366 e. The van der Waals surface area contributed by atoms with Gasteiger partial charge in [-0.05, 0) is 18.3 Å². The minimum absolute atomic E-state index is 0.0974. The number of carbonyl (C=O) groups excluding carboxylic acids is 1. The Balaban J connectivity index is 1.98. The Kier molecular flexibility index (Phi) is 3.31. The number of nitrogens with one attached hydrogen (secondary N) is 2. The molecule has 4 N–H and O–H groups in total. The topological polar surface area (TPSA) is 96.7 Å². The van der Waals surface area contributed by atoms with Gasteiger partial charge >= 0.3 is 0 Å². The van der Waals surface area contributed by atoms with Gasteiger partial charge in [-0.25, -0.2) is 0 Å². The lowest BCUT2D eigenvalue weighted by Crippen LogP contribution is -2.44. The van der Waals surface area contributed by atoms with Crippen LogP contribution in [0.5, 0.6) is 0 Å². The average molecular weight is 237 g/mol. The Morgan fingerprint density at radius 3 is 2.88 bits per heavy atom. The van der Waals surface area contributed by atoms with E-state index in [2.05, 4.69) is 34.3 Å². The fourth-order valence-electron chi connectivity index (χ4n) is 2.40. The summed E-state index contributed by atoms with van der Waals surface area (Å²) in [5, 5.41) is 9.17. The highest BCUT2D eigenvalue weighted by Crippen LogP contribution is 2.29. The van der Waals surface area contributed by atoms with Gasteiger partial charge < -0.3 is 11.1 Å². The molecule has 3 atom stereocenters. The zero-order chi connectivity index (χ0) is 12.4. The van der Waals surface area contributed by atoms with E-state index in [4.69, 9.17) is 5.73 Å². The molecule has 1 heterocycles. The van der Waals surface area contributed by atoms with E-state index in [0.717, 1.165) is 12.8 Å². The van der Waals surface area contributed by atoms with Crippen LogP contribution in [0.3, 0.4) is 0 Å². The quantitative estimate of drug-likeness (QED) is 0.713. The van der Waals surface area contributed by atoms with Crippen molar-refractivity contribution in [2.75, 3.05) is 5.73 Å². The number of amides is 1. The lowest BCUT2D eigenvalue weighted by atomic mass is 9.78. The molecule has 0 radical (unpaired) electrons. The molecule has 1 aliphatic rings. The smallest absolute Gasteiger partial charge is 0.288 e. The van der Waals surface area contributed by atoms with E-state index in [1.807, 2.05) is 0 Å². The van der Waals surface area contributed by atoms with Gasteiger partial charge in [-0.2, -0.15) is 4.98 Å². The first kappa shape index (κ1) is 11.9. The zero-order valence-corrected chi connectivity index (χ0v) is 10.2. The van der Waals surface area contributed by atoms with Crippen LogP contribution in [0.2, 0.25) is 0 Å². The Hall–Kier alpha value is -1.59. The van der Waals surface area contributed by atoms with Gasteiger partial charge in [0.2, 0.25) is 11.8 Å². The summed E-state index contributed by atoms with van der Waals surface area (Å²) in [5.74, 6) is 1.20. The molecule has 1 amide bonds. The summed E-state index contributed by atoms with van der Waals surface area (Å²) in [5.41, 5.74) is 5.37. The van der Waals surface area contributed by atoms with E-state index in [1.54, 1.807) is 0 Å². The van der Waals surface area contributed by atoms with Crippen LogP contribution in [0, 0.1) is 11.8 Å². The van der Waals surface area contributed by atoms with E-state index in [0.29, 0.717) is 11.8 Å². The lowest BCUT2D eigenvalue weighted by molar-refractivity contribution is 0.0881. The standard InChI is InChI=1S/C11H19N5O/c1-6-4-3-5-8(7(6)2)13-10(17)9-14-11(12)16-15-9/h6-8H,3-5H2,1-2H3,(H,13,17)(H3,12,14,15,16). The SMILES string of the molecule is CC1CCCC(NC(=O)c2nc(N)n[nH]2)C1C. The van der Waals surface area contributed by atoms with Gasteiger partial charge in [0.15, 0.2) is 0 Å². The normalized spacial score (nSPS) is 28.9. The molecular weight excluding hydrogens is 218 g/mol. The van der Waals surface area contributed by atoms with E-state index >= 15 is 0 Å². The first-order valence-electron chi connectivity index (χ1n) is 6.06. The van der Waals surface area contributed by atoms with E-state index in [9.17, 15) is 4.79 Å². The van der Waals surface area contributed by atoms with Crippen LogP contribution >= 0.6 is 0 Å². The number of hydrogen-bond acceptors (Lipinski definition) is 4. The van der Waals surface area contributed by atoms with Crippen molar-refractivity contribution in [3.05, 3.63) is 5.82 Å². The van der Waals surface area contributed by atoms with Crippen molar-refractivity contribution >= 4 is 11.9 Å². The van der Waals surface area contributed by atoms with Crippen LogP contribution in [0.25, 0.3) is 0 Å². The van der Waals surface area contributed by atoms with Gasteiger partial charge in [0.25, 0.3) is 5.91 Å². The Bertz CT molecular complexity index is 402. The molecule has 1 aliphatic carbocycles. The number of nitrogens with two attached hydrogens (primary N) is 1. The lowest BCUT2D eigenvalue weighted by Gasteiger charge is -2.34. The molecule has 17 heavy (non-hydrogen) atoms. The Morgan fingerprint density at radius 2 is 2.24 bits per heavy atom. The van der Waals surface area contributed by atoms with Gasteiger partial charge in [-0.1, -0.05) is 26.7 Å². The number of nitrogen functional groups attached to an aromatic ring is 1. The number of carbonyl (C=O) groups is 1. The van der Waals surface area contributed by atoms with E-state index in [1.165, 1.54) is 6.42 Å². The molecule has 0 aliphatic heterocycles. The Morgan fingerprint density at radius 1 is 1.47 bits per heavy atom. The van der Waals surface area contributed by atoms with Crippen LogP contribution in [-0.2, 0) is 0 Å². The molecule has 1 fully saturated rings. The highest BCUT2D eigenvalue weighted by molar-refractivity contribution is 5.90.